The van der Waals surface area contributed by atoms with Crippen molar-refractivity contribution in [3.63, 3.8) is 0 Å². The molecule has 0 saturated heterocycles. The predicted molar refractivity (Wildman–Crippen MR) is 207 cm³/mol. The van der Waals surface area contributed by atoms with E-state index in [1.165, 1.54) is 32.7 Å². The highest BCUT2D eigenvalue weighted by Crippen LogP contribution is 2.43. The number of hydrogen-bond donors (Lipinski definition) is 0. The van der Waals surface area contributed by atoms with E-state index in [0.717, 1.165) is 59.8 Å². The lowest BCUT2D eigenvalue weighted by molar-refractivity contribution is 0.669. The van der Waals surface area contributed by atoms with Crippen LogP contribution in [0.15, 0.2) is 174 Å². The van der Waals surface area contributed by atoms with Crippen molar-refractivity contribution in [2.45, 2.75) is 0 Å². The van der Waals surface area contributed by atoms with Crippen molar-refractivity contribution in [2.75, 3.05) is 4.90 Å². The molecule has 8 aromatic carbocycles. The van der Waals surface area contributed by atoms with E-state index in [4.69, 9.17) is 9.40 Å². The molecule has 0 aliphatic carbocycles. The van der Waals surface area contributed by atoms with Crippen molar-refractivity contribution in [1.82, 2.24) is 4.98 Å². The van der Waals surface area contributed by atoms with Gasteiger partial charge < -0.3 is 9.32 Å². The Morgan fingerprint density at radius 3 is 1.96 bits per heavy atom. The van der Waals surface area contributed by atoms with Crippen LogP contribution in [0.25, 0.3) is 75.4 Å². The Balaban J connectivity index is 1.09. The van der Waals surface area contributed by atoms with E-state index in [-0.39, 0.29) is 0 Å². The number of thiazole rings is 1. The van der Waals surface area contributed by atoms with Gasteiger partial charge in [0.1, 0.15) is 16.2 Å². The molecule has 0 fully saturated rings. The molecule has 0 amide bonds. The quantitative estimate of drug-likeness (QED) is 0.175. The lowest BCUT2D eigenvalue weighted by Crippen LogP contribution is -2.09. The van der Waals surface area contributed by atoms with Gasteiger partial charge in [0.25, 0.3) is 0 Å². The molecule has 3 nitrogen and oxygen atoms in total. The van der Waals surface area contributed by atoms with Gasteiger partial charge in [-0.2, -0.15) is 0 Å². The molecule has 230 valence electrons. The Labute approximate surface area is 286 Å². The van der Waals surface area contributed by atoms with Gasteiger partial charge in [-0.1, -0.05) is 109 Å². The molecular formula is C45H28N2OS. The van der Waals surface area contributed by atoms with Crippen LogP contribution in [0, 0.1) is 0 Å². The summed E-state index contributed by atoms with van der Waals surface area (Å²) in [6, 6.07) is 60.2. The number of benzene rings is 8. The van der Waals surface area contributed by atoms with Crippen LogP contribution in [-0.2, 0) is 0 Å². The standard InChI is InChI=1S/C45H28N2OS/c1-3-11-30(12-4-1)45-46-40-25-26-41-43(44(40)49-45)38-24-23-34(28-42(38)48-41)47(32-14-5-2-6-15-32)33-21-19-29(20-22-33)39-27-31-13-7-8-16-35(31)36-17-9-10-18-37(36)39/h1-28H. The van der Waals surface area contributed by atoms with E-state index in [1.54, 1.807) is 11.3 Å². The Morgan fingerprint density at radius 2 is 1.14 bits per heavy atom. The van der Waals surface area contributed by atoms with E-state index in [2.05, 4.69) is 169 Å². The number of hydrogen-bond acceptors (Lipinski definition) is 4. The normalized spacial score (nSPS) is 11.7. The molecule has 0 saturated carbocycles. The first-order valence-corrected chi connectivity index (χ1v) is 17.3. The maximum absolute atomic E-state index is 6.54. The molecule has 0 atom stereocenters. The summed E-state index contributed by atoms with van der Waals surface area (Å²) >= 11 is 1.72. The fraction of sp³-hybridized carbons (Fsp3) is 0. The topological polar surface area (TPSA) is 29.3 Å². The zero-order chi connectivity index (χ0) is 32.3. The zero-order valence-electron chi connectivity index (χ0n) is 26.4. The van der Waals surface area contributed by atoms with Crippen LogP contribution >= 0.6 is 11.3 Å². The van der Waals surface area contributed by atoms with E-state index < -0.39 is 0 Å². The number of anilines is 3. The molecule has 10 aromatic rings. The Kier molecular flexibility index (Phi) is 6.36. The molecule has 0 aliphatic rings. The third kappa shape index (κ3) is 4.61. The van der Waals surface area contributed by atoms with E-state index in [0.29, 0.717) is 0 Å². The second kappa shape index (κ2) is 11.2. The van der Waals surface area contributed by atoms with Gasteiger partial charge in [0.15, 0.2) is 0 Å². The molecule has 2 aromatic heterocycles. The van der Waals surface area contributed by atoms with Gasteiger partial charge in [-0.15, -0.1) is 11.3 Å². The average Bonchev–Trinajstić information content (AvgIpc) is 3.77. The smallest absolute Gasteiger partial charge is 0.137 e. The number of nitrogens with zero attached hydrogens (tertiary/aromatic N) is 2. The number of fused-ring (bicyclic) bond motifs is 8. The van der Waals surface area contributed by atoms with Crippen LogP contribution in [0.3, 0.4) is 0 Å². The highest BCUT2D eigenvalue weighted by atomic mass is 32.1. The molecule has 0 aliphatic heterocycles. The molecule has 0 unspecified atom stereocenters. The molecule has 0 bridgehead atoms. The highest BCUT2D eigenvalue weighted by Gasteiger charge is 2.19. The Morgan fingerprint density at radius 1 is 0.469 bits per heavy atom. The minimum Gasteiger partial charge on any atom is -0.456 e. The van der Waals surface area contributed by atoms with Crippen LogP contribution in [0.1, 0.15) is 0 Å². The van der Waals surface area contributed by atoms with Gasteiger partial charge in [-0.3, -0.25) is 0 Å². The number of rotatable bonds is 5. The number of para-hydroxylation sites is 1. The maximum atomic E-state index is 6.54. The van der Waals surface area contributed by atoms with E-state index in [9.17, 15) is 0 Å². The van der Waals surface area contributed by atoms with Crippen molar-refractivity contribution in [3.8, 4) is 21.7 Å². The van der Waals surface area contributed by atoms with Gasteiger partial charge >= 0.3 is 0 Å². The van der Waals surface area contributed by atoms with Gasteiger partial charge in [0.05, 0.1) is 10.2 Å². The number of aromatic nitrogens is 1. The van der Waals surface area contributed by atoms with Crippen molar-refractivity contribution >= 4 is 82.1 Å². The molecule has 0 radical (unpaired) electrons. The number of furan rings is 1. The minimum absolute atomic E-state index is 0.856. The molecule has 10 rings (SSSR count). The summed E-state index contributed by atoms with van der Waals surface area (Å²) in [4.78, 5) is 7.27. The first-order chi connectivity index (χ1) is 24.3. The minimum atomic E-state index is 0.856. The molecule has 0 N–H and O–H groups in total. The van der Waals surface area contributed by atoms with Gasteiger partial charge in [0, 0.05) is 39.5 Å². The second-order valence-corrected chi connectivity index (χ2v) is 13.4. The summed E-state index contributed by atoms with van der Waals surface area (Å²) in [5, 5.41) is 8.30. The first kappa shape index (κ1) is 27.8. The summed E-state index contributed by atoms with van der Waals surface area (Å²) < 4.78 is 7.70. The largest absolute Gasteiger partial charge is 0.456 e. The summed E-state index contributed by atoms with van der Waals surface area (Å²) in [7, 11) is 0. The zero-order valence-corrected chi connectivity index (χ0v) is 27.2. The monoisotopic (exact) mass is 644 g/mol. The van der Waals surface area contributed by atoms with Crippen LogP contribution in [0.5, 0.6) is 0 Å². The van der Waals surface area contributed by atoms with Crippen molar-refractivity contribution in [3.05, 3.63) is 170 Å². The molecule has 0 spiro atoms. The predicted octanol–water partition coefficient (Wildman–Crippen LogP) is 13.3. The third-order valence-corrected chi connectivity index (χ3v) is 10.6. The van der Waals surface area contributed by atoms with Crippen molar-refractivity contribution in [2.24, 2.45) is 0 Å². The van der Waals surface area contributed by atoms with Gasteiger partial charge in [-0.25, -0.2) is 4.98 Å². The van der Waals surface area contributed by atoms with Crippen LogP contribution in [-0.4, -0.2) is 4.98 Å². The Bertz CT molecular complexity index is 2820. The molecule has 2 heterocycles. The molecule has 4 heteroatoms. The SMILES string of the molecule is c1ccc(-c2nc3ccc4oc5cc(N(c6ccccc6)c6ccc(-c7cc8ccccc8c8ccccc78)cc6)ccc5c4c3s2)cc1. The fourth-order valence-electron chi connectivity index (χ4n) is 7.19. The lowest BCUT2D eigenvalue weighted by Gasteiger charge is -2.25. The van der Waals surface area contributed by atoms with E-state index in [1.807, 2.05) is 6.07 Å². The van der Waals surface area contributed by atoms with Crippen molar-refractivity contribution in [1.29, 1.82) is 0 Å². The molecule has 49 heavy (non-hydrogen) atoms. The van der Waals surface area contributed by atoms with Gasteiger partial charge in [0.2, 0.25) is 0 Å². The van der Waals surface area contributed by atoms with Gasteiger partial charge in [-0.05, 0) is 87.3 Å². The fourth-order valence-corrected chi connectivity index (χ4v) is 8.31. The average molecular weight is 645 g/mol. The second-order valence-electron chi connectivity index (χ2n) is 12.4. The third-order valence-electron chi connectivity index (χ3n) is 9.47. The summed E-state index contributed by atoms with van der Waals surface area (Å²) in [6.07, 6.45) is 0. The summed E-state index contributed by atoms with van der Waals surface area (Å²) in [6.45, 7) is 0. The highest BCUT2D eigenvalue weighted by molar-refractivity contribution is 7.22. The summed E-state index contributed by atoms with van der Waals surface area (Å²) in [5.74, 6) is 0. The first-order valence-electron chi connectivity index (χ1n) is 16.5. The summed E-state index contributed by atoms with van der Waals surface area (Å²) in [5.41, 5.74) is 9.48. The van der Waals surface area contributed by atoms with Crippen LogP contribution in [0.2, 0.25) is 0 Å². The Hall–Kier alpha value is -6.23. The molecular weight excluding hydrogens is 617 g/mol. The maximum Gasteiger partial charge on any atom is 0.137 e. The van der Waals surface area contributed by atoms with E-state index >= 15 is 0 Å². The van der Waals surface area contributed by atoms with Crippen molar-refractivity contribution < 1.29 is 4.42 Å². The van der Waals surface area contributed by atoms with Crippen LogP contribution in [0.4, 0.5) is 17.1 Å². The lowest BCUT2D eigenvalue weighted by atomic mass is 9.93. The van der Waals surface area contributed by atoms with Crippen LogP contribution < -0.4 is 4.90 Å².